The maximum atomic E-state index is 12.8. The second kappa shape index (κ2) is 3.15. The van der Waals surface area contributed by atoms with Crippen molar-refractivity contribution in [3.05, 3.63) is 35.1 Å². The fourth-order valence-electron chi connectivity index (χ4n) is 0.836. The van der Waals surface area contributed by atoms with Crippen molar-refractivity contribution in [2.45, 2.75) is 12.3 Å². The van der Waals surface area contributed by atoms with Crippen LogP contribution in [-0.4, -0.2) is 0 Å². The van der Waals surface area contributed by atoms with E-state index < -0.39 is 0 Å². The van der Waals surface area contributed by atoms with Crippen molar-refractivity contribution >= 4 is 15.9 Å². The molecule has 0 saturated carbocycles. The van der Waals surface area contributed by atoms with E-state index >= 15 is 0 Å². The maximum Gasteiger partial charge on any atom is 0.127 e. The van der Waals surface area contributed by atoms with Crippen molar-refractivity contribution in [3.63, 3.8) is 0 Å². The van der Waals surface area contributed by atoms with Gasteiger partial charge < -0.3 is 0 Å². The molecule has 54 valence electrons. The molecule has 2 heteroatoms. The second-order valence-corrected chi connectivity index (χ2v) is 2.73. The van der Waals surface area contributed by atoms with Crippen LogP contribution in [0.3, 0.4) is 0 Å². The Bertz CT molecular complexity index is 212. The molecule has 0 nitrogen and oxygen atoms in total. The first-order valence-corrected chi connectivity index (χ1v) is 4.18. The minimum atomic E-state index is -0.128. The first kappa shape index (κ1) is 7.73. The van der Waals surface area contributed by atoms with Gasteiger partial charge >= 0.3 is 0 Å². The zero-order chi connectivity index (χ0) is 7.56. The molecule has 0 aliphatic rings. The normalized spacial score (nSPS) is 9.90. The van der Waals surface area contributed by atoms with Gasteiger partial charge in [-0.1, -0.05) is 28.1 Å². The van der Waals surface area contributed by atoms with E-state index in [-0.39, 0.29) is 5.82 Å². The van der Waals surface area contributed by atoms with Crippen LogP contribution in [-0.2, 0) is 5.33 Å². The van der Waals surface area contributed by atoms with Gasteiger partial charge in [-0.05, 0) is 18.6 Å². The van der Waals surface area contributed by atoms with E-state index in [1.807, 2.05) is 13.0 Å². The van der Waals surface area contributed by atoms with E-state index in [1.165, 1.54) is 6.07 Å². The Kier molecular flexibility index (Phi) is 2.44. The molecule has 0 bridgehead atoms. The molecule has 0 aliphatic heterocycles. The summed E-state index contributed by atoms with van der Waals surface area (Å²) in [6, 6.07) is 5.10. The van der Waals surface area contributed by atoms with Gasteiger partial charge in [0.05, 0.1) is 0 Å². The average Bonchev–Trinajstić information content (AvgIpc) is 1.88. The lowest BCUT2D eigenvalue weighted by Crippen LogP contribution is -1.88. The highest BCUT2D eigenvalue weighted by molar-refractivity contribution is 9.08. The molecule has 0 aromatic heterocycles. The zero-order valence-corrected chi connectivity index (χ0v) is 7.28. The molecule has 1 aromatic carbocycles. The smallest absolute Gasteiger partial charge is 0.127 e. The summed E-state index contributed by atoms with van der Waals surface area (Å²) in [4.78, 5) is 0. The van der Waals surface area contributed by atoms with E-state index in [4.69, 9.17) is 0 Å². The van der Waals surface area contributed by atoms with Gasteiger partial charge in [-0.15, -0.1) is 0 Å². The number of rotatable bonds is 1. The van der Waals surface area contributed by atoms with Crippen LogP contribution in [0.15, 0.2) is 18.2 Å². The van der Waals surface area contributed by atoms with Crippen molar-refractivity contribution in [1.82, 2.24) is 0 Å². The zero-order valence-electron chi connectivity index (χ0n) is 5.70. The third kappa shape index (κ3) is 1.37. The van der Waals surface area contributed by atoms with Crippen molar-refractivity contribution in [3.8, 4) is 0 Å². The highest BCUT2D eigenvalue weighted by Gasteiger charge is 2.01. The molecule has 10 heavy (non-hydrogen) atoms. The van der Waals surface area contributed by atoms with Gasteiger partial charge in [0.25, 0.3) is 0 Å². The predicted octanol–water partition coefficient (Wildman–Crippen LogP) is 3.03. The van der Waals surface area contributed by atoms with Crippen molar-refractivity contribution < 1.29 is 4.39 Å². The minimum absolute atomic E-state index is 0.128. The van der Waals surface area contributed by atoms with E-state index in [0.717, 1.165) is 11.1 Å². The van der Waals surface area contributed by atoms with Crippen LogP contribution in [0.2, 0.25) is 0 Å². The monoisotopic (exact) mass is 202 g/mol. The van der Waals surface area contributed by atoms with Gasteiger partial charge in [0.1, 0.15) is 5.82 Å². The molecule has 0 radical (unpaired) electrons. The van der Waals surface area contributed by atoms with Gasteiger partial charge in [0.15, 0.2) is 0 Å². The van der Waals surface area contributed by atoms with Crippen LogP contribution < -0.4 is 0 Å². The summed E-state index contributed by atoms with van der Waals surface area (Å²) in [5, 5.41) is 0.589. The molecular weight excluding hydrogens is 195 g/mol. The Morgan fingerprint density at radius 3 is 2.60 bits per heavy atom. The topological polar surface area (TPSA) is 0 Å². The van der Waals surface area contributed by atoms with Crippen LogP contribution in [0.5, 0.6) is 0 Å². The van der Waals surface area contributed by atoms with E-state index in [2.05, 4.69) is 15.9 Å². The number of alkyl halides is 1. The first-order chi connectivity index (χ1) is 4.75. The maximum absolute atomic E-state index is 12.8. The number of hydrogen-bond donors (Lipinski definition) is 0. The predicted molar refractivity (Wildman–Crippen MR) is 43.8 cm³/mol. The SMILES string of the molecule is Cc1cccc(F)c1CBr. The van der Waals surface area contributed by atoms with Crippen molar-refractivity contribution in [1.29, 1.82) is 0 Å². The Morgan fingerprint density at radius 1 is 1.50 bits per heavy atom. The summed E-state index contributed by atoms with van der Waals surface area (Å²) in [5.74, 6) is -0.128. The largest absolute Gasteiger partial charge is 0.207 e. The Morgan fingerprint density at radius 2 is 2.20 bits per heavy atom. The molecule has 0 atom stereocenters. The van der Waals surface area contributed by atoms with E-state index in [1.54, 1.807) is 6.07 Å². The number of benzene rings is 1. The van der Waals surface area contributed by atoms with Crippen LogP contribution in [0.4, 0.5) is 4.39 Å². The van der Waals surface area contributed by atoms with Crippen LogP contribution in [0.1, 0.15) is 11.1 Å². The van der Waals surface area contributed by atoms with Gasteiger partial charge in [-0.25, -0.2) is 4.39 Å². The summed E-state index contributed by atoms with van der Waals surface area (Å²) in [6.45, 7) is 1.90. The molecule has 1 rings (SSSR count). The first-order valence-electron chi connectivity index (χ1n) is 3.05. The number of halogens is 2. The fraction of sp³-hybridized carbons (Fsp3) is 0.250. The molecule has 0 saturated heterocycles. The average molecular weight is 203 g/mol. The molecule has 0 amide bonds. The third-order valence-electron chi connectivity index (χ3n) is 1.49. The number of hydrogen-bond acceptors (Lipinski definition) is 0. The lowest BCUT2D eigenvalue weighted by molar-refractivity contribution is 0.616. The van der Waals surface area contributed by atoms with Crippen molar-refractivity contribution in [2.24, 2.45) is 0 Å². The van der Waals surface area contributed by atoms with Crippen molar-refractivity contribution in [2.75, 3.05) is 0 Å². The van der Waals surface area contributed by atoms with Gasteiger partial charge in [-0.2, -0.15) is 0 Å². The van der Waals surface area contributed by atoms with Crippen LogP contribution in [0.25, 0.3) is 0 Å². The van der Waals surface area contributed by atoms with E-state index in [0.29, 0.717) is 5.33 Å². The highest BCUT2D eigenvalue weighted by atomic mass is 79.9. The fourth-order valence-corrected chi connectivity index (χ4v) is 1.55. The van der Waals surface area contributed by atoms with Gasteiger partial charge in [0.2, 0.25) is 0 Å². The minimum Gasteiger partial charge on any atom is -0.207 e. The molecular formula is C8H8BrF. The van der Waals surface area contributed by atoms with Crippen LogP contribution >= 0.6 is 15.9 Å². The Balaban J connectivity index is 3.17. The van der Waals surface area contributed by atoms with Crippen LogP contribution in [0, 0.1) is 12.7 Å². The summed E-state index contributed by atoms with van der Waals surface area (Å²) < 4.78 is 12.8. The summed E-state index contributed by atoms with van der Waals surface area (Å²) in [6.07, 6.45) is 0. The molecule has 0 heterocycles. The highest BCUT2D eigenvalue weighted by Crippen LogP contribution is 2.15. The quantitative estimate of drug-likeness (QED) is 0.615. The summed E-state index contributed by atoms with van der Waals surface area (Å²) in [7, 11) is 0. The molecule has 0 fully saturated rings. The molecule has 1 aromatic rings. The molecule has 0 aliphatic carbocycles. The Labute approximate surface area is 68.2 Å². The second-order valence-electron chi connectivity index (χ2n) is 2.17. The third-order valence-corrected chi connectivity index (χ3v) is 2.05. The lowest BCUT2D eigenvalue weighted by atomic mass is 10.1. The van der Waals surface area contributed by atoms with Gasteiger partial charge in [-0.3, -0.25) is 0 Å². The number of aryl methyl sites for hydroxylation is 1. The van der Waals surface area contributed by atoms with Gasteiger partial charge in [0, 0.05) is 10.9 Å². The summed E-state index contributed by atoms with van der Waals surface area (Å²) >= 11 is 3.22. The molecule has 0 spiro atoms. The molecule has 0 N–H and O–H groups in total. The molecule has 0 unspecified atom stereocenters. The standard InChI is InChI=1S/C8H8BrF/c1-6-3-2-4-8(10)7(6)5-9/h2-4H,5H2,1H3. The summed E-state index contributed by atoms with van der Waals surface area (Å²) in [5.41, 5.74) is 1.75. The van der Waals surface area contributed by atoms with E-state index in [9.17, 15) is 4.39 Å². The lowest BCUT2D eigenvalue weighted by Gasteiger charge is -2.00. The Hall–Kier alpha value is -0.370.